The second-order valence-corrected chi connectivity index (χ2v) is 7.11. The molecule has 0 fully saturated rings. The minimum atomic E-state index is -0.691. The SMILES string of the molecule is CC1(C)Oc2ccc(NC(=O)CCc3nnc(-c4ccsc4)o3)cc2O1. The van der Waals surface area contributed by atoms with Crippen LogP contribution in [-0.2, 0) is 11.2 Å². The molecule has 0 aliphatic carbocycles. The summed E-state index contributed by atoms with van der Waals surface area (Å²) in [6.45, 7) is 3.67. The van der Waals surface area contributed by atoms with Gasteiger partial charge in [0.15, 0.2) is 11.5 Å². The van der Waals surface area contributed by atoms with Crippen molar-refractivity contribution in [2.24, 2.45) is 0 Å². The summed E-state index contributed by atoms with van der Waals surface area (Å²) in [5.74, 6) is 1.36. The summed E-state index contributed by atoms with van der Waals surface area (Å²) >= 11 is 1.56. The number of carbonyl (C=O) groups excluding carboxylic acids is 1. The van der Waals surface area contributed by atoms with Crippen molar-refractivity contribution in [3.8, 4) is 23.0 Å². The number of hydrogen-bond donors (Lipinski definition) is 1. The number of rotatable bonds is 5. The van der Waals surface area contributed by atoms with Gasteiger partial charge < -0.3 is 19.2 Å². The predicted molar refractivity (Wildman–Crippen MR) is 96.3 cm³/mol. The average molecular weight is 371 g/mol. The van der Waals surface area contributed by atoms with E-state index in [0.717, 1.165) is 5.56 Å². The number of fused-ring (bicyclic) bond motifs is 1. The quantitative estimate of drug-likeness (QED) is 0.732. The first-order valence-corrected chi connectivity index (χ1v) is 9.10. The van der Waals surface area contributed by atoms with Gasteiger partial charge in [0.1, 0.15) is 0 Å². The number of nitrogens with one attached hydrogen (secondary N) is 1. The molecule has 1 N–H and O–H groups in total. The molecule has 0 atom stereocenters. The van der Waals surface area contributed by atoms with Gasteiger partial charge in [-0.25, -0.2) is 0 Å². The fraction of sp³-hybridized carbons (Fsp3) is 0.278. The summed E-state index contributed by atoms with van der Waals surface area (Å²) in [5.41, 5.74) is 1.54. The van der Waals surface area contributed by atoms with E-state index in [1.807, 2.05) is 30.7 Å². The molecule has 8 heteroatoms. The third kappa shape index (κ3) is 3.55. The lowest BCUT2D eigenvalue weighted by Gasteiger charge is -2.16. The Hall–Kier alpha value is -2.87. The normalized spacial score (nSPS) is 14.4. The first-order chi connectivity index (χ1) is 12.5. The van der Waals surface area contributed by atoms with Gasteiger partial charge in [-0.05, 0) is 23.6 Å². The molecule has 1 aliphatic rings. The van der Waals surface area contributed by atoms with E-state index in [4.69, 9.17) is 13.9 Å². The molecule has 2 aromatic heterocycles. The lowest BCUT2D eigenvalue weighted by atomic mass is 10.2. The van der Waals surface area contributed by atoms with Gasteiger partial charge in [0.25, 0.3) is 0 Å². The van der Waals surface area contributed by atoms with E-state index in [-0.39, 0.29) is 12.3 Å². The smallest absolute Gasteiger partial charge is 0.248 e. The Morgan fingerprint density at radius 3 is 2.85 bits per heavy atom. The fourth-order valence-electron chi connectivity index (χ4n) is 2.60. The van der Waals surface area contributed by atoms with Crippen LogP contribution in [0.4, 0.5) is 5.69 Å². The van der Waals surface area contributed by atoms with Crippen molar-refractivity contribution in [1.29, 1.82) is 0 Å². The van der Waals surface area contributed by atoms with Gasteiger partial charge in [-0.3, -0.25) is 4.79 Å². The van der Waals surface area contributed by atoms with Crippen molar-refractivity contribution in [1.82, 2.24) is 10.2 Å². The second-order valence-electron chi connectivity index (χ2n) is 6.33. The molecule has 3 heterocycles. The molecule has 0 radical (unpaired) electrons. The zero-order valence-corrected chi connectivity index (χ0v) is 15.1. The monoisotopic (exact) mass is 371 g/mol. The van der Waals surface area contributed by atoms with Crippen LogP contribution >= 0.6 is 11.3 Å². The number of amides is 1. The maximum Gasteiger partial charge on any atom is 0.248 e. The molecule has 1 amide bonds. The van der Waals surface area contributed by atoms with Crippen LogP contribution in [0.3, 0.4) is 0 Å². The van der Waals surface area contributed by atoms with Crippen LogP contribution in [0.5, 0.6) is 11.5 Å². The van der Waals surface area contributed by atoms with Crippen molar-refractivity contribution in [2.45, 2.75) is 32.5 Å². The van der Waals surface area contributed by atoms with E-state index in [0.29, 0.717) is 35.4 Å². The van der Waals surface area contributed by atoms with Crippen LogP contribution in [0.25, 0.3) is 11.5 Å². The van der Waals surface area contributed by atoms with Gasteiger partial charge in [-0.15, -0.1) is 10.2 Å². The topological polar surface area (TPSA) is 86.5 Å². The minimum absolute atomic E-state index is 0.140. The third-order valence-electron chi connectivity index (χ3n) is 3.74. The minimum Gasteiger partial charge on any atom is -0.449 e. The van der Waals surface area contributed by atoms with Crippen LogP contribution in [0.1, 0.15) is 26.2 Å². The van der Waals surface area contributed by atoms with E-state index >= 15 is 0 Å². The number of anilines is 1. The first-order valence-electron chi connectivity index (χ1n) is 8.15. The zero-order valence-electron chi connectivity index (χ0n) is 14.3. The van der Waals surface area contributed by atoms with Crippen LogP contribution < -0.4 is 14.8 Å². The number of thiophene rings is 1. The average Bonchev–Trinajstić information content (AvgIpc) is 3.30. The Morgan fingerprint density at radius 1 is 1.19 bits per heavy atom. The fourth-order valence-corrected chi connectivity index (χ4v) is 3.23. The Labute approximate surface area is 154 Å². The summed E-state index contributed by atoms with van der Waals surface area (Å²) in [5, 5.41) is 14.7. The van der Waals surface area contributed by atoms with Gasteiger partial charge in [-0.1, -0.05) is 0 Å². The molecule has 1 aliphatic heterocycles. The zero-order chi connectivity index (χ0) is 18.1. The molecule has 0 saturated heterocycles. The number of nitrogens with zero attached hydrogens (tertiary/aromatic N) is 2. The molecule has 1 aromatic carbocycles. The number of ether oxygens (including phenoxy) is 2. The lowest BCUT2D eigenvalue weighted by molar-refractivity contribution is -0.116. The van der Waals surface area contributed by atoms with E-state index in [9.17, 15) is 4.79 Å². The van der Waals surface area contributed by atoms with Crippen LogP contribution in [-0.4, -0.2) is 21.9 Å². The number of carbonyl (C=O) groups is 1. The van der Waals surface area contributed by atoms with Gasteiger partial charge in [0.2, 0.25) is 23.5 Å². The summed E-state index contributed by atoms with van der Waals surface area (Å²) in [6.07, 6.45) is 0.617. The second kappa shape index (κ2) is 6.45. The van der Waals surface area contributed by atoms with Crippen molar-refractivity contribution < 1.29 is 18.7 Å². The van der Waals surface area contributed by atoms with E-state index in [1.165, 1.54) is 0 Å². The highest BCUT2D eigenvalue weighted by atomic mass is 32.1. The standard InChI is InChI=1S/C18H17N3O4S/c1-18(2)24-13-4-3-12(9-14(13)25-18)19-15(22)5-6-16-20-21-17(23-16)11-7-8-26-10-11/h3-4,7-10H,5-6H2,1-2H3,(H,19,22). The molecule has 26 heavy (non-hydrogen) atoms. The maximum atomic E-state index is 12.2. The van der Waals surface area contributed by atoms with Gasteiger partial charge in [0, 0.05) is 49.4 Å². The molecular formula is C18H17N3O4S. The van der Waals surface area contributed by atoms with E-state index in [2.05, 4.69) is 15.5 Å². The van der Waals surface area contributed by atoms with Crippen molar-refractivity contribution in [2.75, 3.05) is 5.32 Å². The molecular weight excluding hydrogens is 354 g/mol. The summed E-state index contributed by atoms with van der Waals surface area (Å²) in [6, 6.07) is 7.23. The van der Waals surface area contributed by atoms with Crippen LogP contribution in [0.2, 0.25) is 0 Å². The number of hydrogen-bond acceptors (Lipinski definition) is 7. The molecule has 0 bridgehead atoms. The highest BCUT2D eigenvalue weighted by molar-refractivity contribution is 7.08. The third-order valence-corrected chi connectivity index (χ3v) is 4.42. The van der Waals surface area contributed by atoms with Crippen molar-refractivity contribution in [3.63, 3.8) is 0 Å². The summed E-state index contributed by atoms with van der Waals surface area (Å²) in [7, 11) is 0. The highest BCUT2D eigenvalue weighted by Gasteiger charge is 2.31. The number of aromatic nitrogens is 2. The Morgan fingerprint density at radius 2 is 2.04 bits per heavy atom. The summed E-state index contributed by atoms with van der Waals surface area (Å²) < 4.78 is 16.9. The van der Waals surface area contributed by atoms with E-state index in [1.54, 1.807) is 29.5 Å². The largest absolute Gasteiger partial charge is 0.449 e. The molecule has 7 nitrogen and oxygen atoms in total. The lowest BCUT2D eigenvalue weighted by Crippen LogP contribution is -2.29. The van der Waals surface area contributed by atoms with Gasteiger partial charge >= 0.3 is 0 Å². The maximum absolute atomic E-state index is 12.2. The molecule has 0 saturated carbocycles. The first kappa shape index (κ1) is 16.6. The van der Waals surface area contributed by atoms with Gasteiger partial charge in [0.05, 0.1) is 0 Å². The van der Waals surface area contributed by atoms with E-state index < -0.39 is 5.79 Å². The Kier molecular flexibility index (Phi) is 4.12. The molecule has 134 valence electrons. The molecule has 0 unspecified atom stereocenters. The molecule has 0 spiro atoms. The Bertz CT molecular complexity index is 934. The molecule has 4 rings (SSSR count). The van der Waals surface area contributed by atoms with Crippen molar-refractivity contribution >= 4 is 22.9 Å². The summed E-state index contributed by atoms with van der Waals surface area (Å²) in [4.78, 5) is 12.2. The predicted octanol–water partition coefficient (Wildman–Crippen LogP) is 3.88. The highest BCUT2D eigenvalue weighted by Crippen LogP contribution is 2.40. The van der Waals surface area contributed by atoms with Gasteiger partial charge in [-0.2, -0.15) is 11.3 Å². The van der Waals surface area contributed by atoms with Crippen LogP contribution in [0, 0.1) is 0 Å². The number of benzene rings is 1. The van der Waals surface area contributed by atoms with Crippen molar-refractivity contribution in [3.05, 3.63) is 40.9 Å². The Balaban J connectivity index is 1.34. The number of aryl methyl sites for hydroxylation is 1. The van der Waals surface area contributed by atoms with Crippen LogP contribution in [0.15, 0.2) is 39.4 Å². The molecule has 3 aromatic rings.